The molecule has 0 aliphatic carbocycles. The first-order chi connectivity index (χ1) is 30.7. The minimum atomic E-state index is -2.35. The molecule has 0 saturated heterocycles. The van der Waals surface area contributed by atoms with Gasteiger partial charge in [0.25, 0.3) is 0 Å². The number of rotatable bonds is 14. The van der Waals surface area contributed by atoms with E-state index in [1.807, 2.05) is 24.3 Å². The maximum Gasteiger partial charge on any atom is 0.330 e. The molecule has 0 unspecified atom stereocenters. The van der Waals surface area contributed by atoms with Gasteiger partial charge in [0.05, 0.1) is 0 Å². The molecular weight excluding hydrogens is 797 g/mol. The molecule has 63 heavy (non-hydrogen) atoms. The van der Waals surface area contributed by atoms with E-state index in [0.717, 1.165) is 34.8 Å². The van der Waals surface area contributed by atoms with Crippen molar-refractivity contribution in [2.45, 2.75) is 13.1 Å². The molecule has 0 atom stereocenters. The monoisotopic (exact) mass is 840 g/mol. The second kappa shape index (κ2) is 16.1. The van der Waals surface area contributed by atoms with Crippen molar-refractivity contribution in [2.75, 3.05) is 26.4 Å². The van der Waals surface area contributed by atoms with Crippen molar-refractivity contribution in [1.82, 2.24) is 0 Å². The summed E-state index contributed by atoms with van der Waals surface area (Å²) in [5.74, 6) is 0.519. The van der Waals surface area contributed by atoms with E-state index < -0.39 is 20.0 Å². The maximum absolute atomic E-state index is 11.4. The highest BCUT2D eigenvalue weighted by molar-refractivity contribution is 7.03. The van der Waals surface area contributed by atoms with Crippen LogP contribution in [0.1, 0.15) is 0 Å². The van der Waals surface area contributed by atoms with Crippen LogP contribution in [0.5, 0.6) is 11.5 Å². The maximum atomic E-state index is 11.4. The van der Waals surface area contributed by atoms with E-state index in [0.29, 0.717) is 0 Å². The van der Waals surface area contributed by atoms with Crippen LogP contribution in [0.2, 0.25) is 13.1 Å². The fourth-order valence-electron chi connectivity index (χ4n) is 9.52. The molecule has 7 heteroatoms. The van der Waals surface area contributed by atoms with Gasteiger partial charge < -0.3 is 18.9 Å². The number of ether oxygens (including phenoxy) is 4. The Balaban J connectivity index is 1.01. The molecule has 0 amide bonds. The van der Waals surface area contributed by atoms with Crippen molar-refractivity contribution in [3.05, 3.63) is 171 Å². The summed E-state index contributed by atoms with van der Waals surface area (Å²) in [6.45, 7) is 12.7. The van der Waals surface area contributed by atoms with Crippen LogP contribution in [0.4, 0.5) is 0 Å². The van der Waals surface area contributed by atoms with Crippen molar-refractivity contribution in [3.8, 4) is 33.8 Å². The summed E-state index contributed by atoms with van der Waals surface area (Å²) in [6, 6.07) is 53.0. The van der Waals surface area contributed by atoms with E-state index in [1.165, 1.54) is 86.1 Å². The largest absolute Gasteiger partial charge is 0.490 e. The van der Waals surface area contributed by atoms with Crippen LogP contribution in [0.25, 0.3) is 86.9 Å². The van der Waals surface area contributed by atoms with Crippen molar-refractivity contribution in [1.29, 1.82) is 0 Å². The fourth-order valence-corrected chi connectivity index (χ4v) is 12.6. The molecule has 0 saturated carbocycles. The van der Waals surface area contributed by atoms with Gasteiger partial charge in [0.15, 0.2) is 0 Å². The Bertz CT molecular complexity index is 3160. The van der Waals surface area contributed by atoms with Crippen molar-refractivity contribution < 1.29 is 28.5 Å². The van der Waals surface area contributed by atoms with E-state index in [1.54, 1.807) is 0 Å². The van der Waals surface area contributed by atoms with Gasteiger partial charge in [-0.3, -0.25) is 0 Å². The lowest BCUT2D eigenvalue weighted by Crippen LogP contribution is -2.53. The van der Waals surface area contributed by atoms with E-state index in [9.17, 15) is 9.59 Å². The molecule has 0 bridgehead atoms. The molecular formula is C56H44O6Si. The Morgan fingerprint density at radius 2 is 0.762 bits per heavy atom. The summed E-state index contributed by atoms with van der Waals surface area (Å²) in [7, 11) is -2.35. The third-order valence-electron chi connectivity index (χ3n) is 12.5. The van der Waals surface area contributed by atoms with Crippen LogP contribution in [0.15, 0.2) is 171 Å². The fraction of sp³-hybridized carbons (Fsp3) is 0.107. The summed E-state index contributed by atoms with van der Waals surface area (Å²) in [5.41, 5.74) is 4.56. The van der Waals surface area contributed by atoms with Gasteiger partial charge in [0.1, 0.15) is 46.0 Å². The highest BCUT2D eigenvalue weighted by Gasteiger charge is 2.31. The van der Waals surface area contributed by atoms with E-state index in [-0.39, 0.29) is 26.4 Å². The quantitative estimate of drug-likeness (QED) is 0.0357. The van der Waals surface area contributed by atoms with Gasteiger partial charge >= 0.3 is 11.9 Å². The lowest BCUT2D eigenvalue weighted by atomic mass is 9.90. The minimum absolute atomic E-state index is 0.163. The third-order valence-corrected chi connectivity index (χ3v) is 16.1. The first-order valence-electron chi connectivity index (χ1n) is 21.2. The number of carbonyl (C=O) groups is 2. The number of esters is 2. The number of hydrogen-bond donors (Lipinski definition) is 0. The second-order valence-electron chi connectivity index (χ2n) is 16.4. The predicted molar refractivity (Wildman–Crippen MR) is 261 cm³/mol. The minimum Gasteiger partial charge on any atom is -0.490 e. The summed E-state index contributed by atoms with van der Waals surface area (Å²) in [6.07, 6.45) is 2.30. The molecule has 0 aliphatic heterocycles. The Morgan fingerprint density at radius 3 is 1.14 bits per heavy atom. The zero-order valence-corrected chi connectivity index (χ0v) is 36.2. The van der Waals surface area contributed by atoms with Crippen molar-refractivity contribution in [2.24, 2.45) is 0 Å². The molecule has 10 aromatic carbocycles. The van der Waals surface area contributed by atoms with Crippen LogP contribution in [0.3, 0.4) is 0 Å². The van der Waals surface area contributed by atoms with Crippen LogP contribution in [-0.4, -0.2) is 46.4 Å². The molecule has 0 spiro atoms. The van der Waals surface area contributed by atoms with Crippen molar-refractivity contribution in [3.63, 3.8) is 0 Å². The molecule has 0 N–H and O–H groups in total. The number of carbonyl (C=O) groups excluding carboxylic acids is 2. The lowest BCUT2D eigenvalue weighted by Gasteiger charge is -2.29. The van der Waals surface area contributed by atoms with Crippen LogP contribution >= 0.6 is 0 Å². The SMILES string of the molecule is C=CC(=O)OCCOc1ccc(-c2ccc3ccc4c([Si](C)(C)c5ccc6ccc7c(-c8ccc(OCCOC(=O)C=C)cc8)ccc8ccc5c6c87)ccc5ccc2c3c54)cc1. The van der Waals surface area contributed by atoms with E-state index in [2.05, 4.69) is 148 Å². The van der Waals surface area contributed by atoms with Gasteiger partial charge in [-0.1, -0.05) is 148 Å². The highest BCUT2D eigenvalue weighted by Crippen LogP contribution is 2.42. The molecule has 0 heterocycles. The van der Waals surface area contributed by atoms with Gasteiger partial charge in [-0.25, -0.2) is 9.59 Å². The predicted octanol–water partition coefficient (Wildman–Crippen LogP) is 11.9. The zero-order chi connectivity index (χ0) is 43.2. The summed E-state index contributed by atoms with van der Waals surface area (Å²) in [5, 5.41) is 18.1. The van der Waals surface area contributed by atoms with Gasteiger partial charge in [-0.2, -0.15) is 0 Å². The summed E-state index contributed by atoms with van der Waals surface area (Å²) >= 11 is 0. The van der Waals surface area contributed by atoms with Gasteiger partial charge in [-0.15, -0.1) is 0 Å². The molecule has 308 valence electrons. The molecule has 0 aliphatic rings. The Morgan fingerprint density at radius 1 is 0.429 bits per heavy atom. The van der Waals surface area contributed by atoms with E-state index >= 15 is 0 Å². The Labute approximate surface area is 366 Å². The first kappa shape index (κ1) is 39.6. The molecule has 10 rings (SSSR count). The highest BCUT2D eigenvalue weighted by atomic mass is 28.3. The molecule has 6 nitrogen and oxygen atoms in total. The molecule has 0 radical (unpaired) electrons. The van der Waals surface area contributed by atoms with Crippen LogP contribution < -0.4 is 19.8 Å². The standard InChI is InChI=1S/C56H44O6Si/c1-5-51(57)61-33-31-59-41-19-7-35(8-20-41)43-23-11-37-15-27-47-49(29-17-39-13-25-45(43)53(37)55(39)47)63(3,4)50-30-18-40-14-26-46-44(24-12-38-16-28-48(50)56(40)54(38)46)36-9-21-42(22-10-36)60-32-34-62-52(58)6-2/h5-30H,1-2,31-34H2,3-4H3. The summed E-state index contributed by atoms with van der Waals surface area (Å²) in [4.78, 5) is 22.8. The van der Waals surface area contributed by atoms with E-state index in [4.69, 9.17) is 18.9 Å². The Kier molecular flexibility index (Phi) is 10.1. The zero-order valence-electron chi connectivity index (χ0n) is 35.2. The summed E-state index contributed by atoms with van der Waals surface area (Å²) < 4.78 is 21.8. The number of benzene rings is 10. The first-order valence-corrected chi connectivity index (χ1v) is 24.2. The lowest BCUT2D eigenvalue weighted by molar-refractivity contribution is -0.139. The number of hydrogen-bond acceptors (Lipinski definition) is 6. The van der Waals surface area contributed by atoms with Crippen molar-refractivity contribution >= 4 is 95.0 Å². The average Bonchev–Trinajstić information content (AvgIpc) is 3.32. The smallest absolute Gasteiger partial charge is 0.330 e. The molecule has 0 fully saturated rings. The van der Waals surface area contributed by atoms with Gasteiger partial charge in [-0.05, 0) is 122 Å². The Hall–Kier alpha value is -7.48. The average molecular weight is 841 g/mol. The topological polar surface area (TPSA) is 71.1 Å². The van der Waals surface area contributed by atoms with Crippen LogP contribution in [0, 0.1) is 0 Å². The van der Waals surface area contributed by atoms with Gasteiger partial charge in [0.2, 0.25) is 0 Å². The van der Waals surface area contributed by atoms with Gasteiger partial charge in [0, 0.05) is 12.2 Å². The van der Waals surface area contributed by atoms with Crippen LogP contribution in [-0.2, 0) is 19.1 Å². The molecule has 0 aromatic heterocycles. The molecule has 10 aromatic rings. The second-order valence-corrected chi connectivity index (χ2v) is 20.7. The normalized spacial score (nSPS) is 11.8. The third kappa shape index (κ3) is 7.00.